The summed E-state index contributed by atoms with van der Waals surface area (Å²) in [7, 11) is 0. The molecular weight excluding hydrogens is 432 g/mol. The Balaban J connectivity index is 1.49. The number of thioether (sulfide) groups is 1. The number of rotatable bonds is 6. The number of nitrogens with one attached hydrogen (secondary N) is 1. The van der Waals surface area contributed by atoms with Crippen LogP contribution in [0.4, 0.5) is 5.13 Å². The van der Waals surface area contributed by atoms with Crippen LogP contribution >= 0.6 is 23.3 Å². The number of carbonyl (C=O) groups is 3. The van der Waals surface area contributed by atoms with Gasteiger partial charge in [0.25, 0.3) is 11.8 Å². The van der Waals surface area contributed by atoms with E-state index < -0.39 is 23.8 Å². The molecule has 0 bridgehead atoms. The van der Waals surface area contributed by atoms with Crippen molar-refractivity contribution in [3.8, 4) is 0 Å². The fourth-order valence-electron chi connectivity index (χ4n) is 3.14. The molecule has 2 aliphatic heterocycles. The van der Waals surface area contributed by atoms with E-state index in [-0.39, 0.29) is 39.5 Å². The Kier molecular flexibility index (Phi) is 5.72. The van der Waals surface area contributed by atoms with Crippen LogP contribution in [0.1, 0.15) is 25.1 Å². The lowest BCUT2D eigenvalue weighted by Crippen LogP contribution is -2.69. The first-order valence-electron chi connectivity index (χ1n) is 9.12. The van der Waals surface area contributed by atoms with Gasteiger partial charge < -0.3 is 25.9 Å². The van der Waals surface area contributed by atoms with Crippen molar-refractivity contribution in [2.45, 2.75) is 36.8 Å². The van der Waals surface area contributed by atoms with Crippen LogP contribution in [0.25, 0.3) is 0 Å². The van der Waals surface area contributed by atoms with Crippen LogP contribution in [0.15, 0.2) is 29.1 Å². The van der Waals surface area contributed by atoms with Crippen LogP contribution in [-0.2, 0) is 19.2 Å². The van der Waals surface area contributed by atoms with Crippen LogP contribution in [0, 0.1) is 0 Å². The Hall–Kier alpha value is -2.93. The van der Waals surface area contributed by atoms with Crippen LogP contribution in [0.2, 0.25) is 0 Å². The van der Waals surface area contributed by atoms with Gasteiger partial charge in [-0.15, -0.1) is 11.8 Å². The van der Waals surface area contributed by atoms with E-state index in [1.54, 1.807) is 0 Å². The first kappa shape index (κ1) is 20.3. The van der Waals surface area contributed by atoms with Crippen molar-refractivity contribution in [1.82, 2.24) is 19.6 Å². The SMILES string of the molecule is Nc1nc(C(=NOC2C=CCCC2)C(=O)NC2C(=O)N3C=C(C(=O)O)CS[C@H]23)ns1. The molecule has 30 heavy (non-hydrogen) atoms. The normalized spacial score (nSPS) is 25.8. The van der Waals surface area contributed by atoms with E-state index in [9.17, 15) is 14.4 Å². The highest BCUT2D eigenvalue weighted by molar-refractivity contribution is 8.00. The maximum atomic E-state index is 12.9. The lowest BCUT2D eigenvalue weighted by atomic mass is 10.1. The molecule has 1 fully saturated rings. The Labute approximate surface area is 179 Å². The number of fused-ring (bicyclic) bond motifs is 1. The van der Waals surface area contributed by atoms with Gasteiger partial charge in [0.05, 0.1) is 5.57 Å². The van der Waals surface area contributed by atoms with E-state index in [0.29, 0.717) is 0 Å². The number of amides is 2. The fourth-order valence-corrected chi connectivity index (χ4v) is 4.83. The van der Waals surface area contributed by atoms with E-state index in [1.165, 1.54) is 22.9 Å². The third kappa shape index (κ3) is 4.03. The molecule has 0 aromatic carbocycles. The molecule has 1 aliphatic carbocycles. The van der Waals surface area contributed by atoms with Crippen LogP contribution in [-0.4, -0.2) is 66.1 Å². The number of nitrogen functional groups attached to an aromatic ring is 1. The van der Waals surface area contributed by atoms with Gasteiger partial charge in [-0.25, -0.2) is 4.79 Å². The van der Waals surface area contributed by atoms with Crippen LogP contribution in [0.3, 0.4) is 0 Å². The molecule has 1 saturated heterocycles. The molecule has 3 atom stereocenters. The molecule has 1 aromatic rings. The number of aromatic nitrogens is 2. The Bertz CT molecular complexity index is 974. The molecule has 158 valence electrons. The molecule has 4 N–H and O–H groups in total. The minimum absolute atomic E-state index is 0.0165. The summed E-state index contributed by atoms with van der Waals surface area (Å²) < 4.78 is 4.02. The van der Waals surface area contributed by atoms with Gasteiger partial charge in [0.1, 0.15) is 17.5 Å². The number of nitrogens with two attached hydrogens (primary N) is 1. The summed E-state index contributed by atoms with van der Waals surface area (Å²) in [5.41, 5.74) is 5.59. The van der Waals surface area contributed by atoms with Gasteiger partial charge in [-0.2, -0.15) is 9.36 Å². The molecule has 3 heterocycles. The van der Waals surface area contributed by atoms with Gasteiger partial charge in [0.2, 0.25) is 11.5 Å². The van der Waals surface area contributed by atoms with Crippen molar-refractivity contribution in [3.05, 3.63) is 29.7 Å². The molecule has 1 aromatic heterocycles. The lowest BCUT2D eigenvalue weighted by molar-refractivity contribution is -0.144. The van der Waals surface area contributed by atoms with E-state index in [1.807, 2.05) is 12.2 Å². The number of nitrogens with zero attached hydrogens (tertiary/aromatic N) is 4. The predicted molar refractivity (Wildman–Crippen MR) is 109 cm³/mol. The summed E-state index contributed by atoms with van der Waals surface area (Å²) >= 11 is 2.18. The number of carboxylic acid groups (broad SMARTS) is 1. The van der Waals surface area contributed by atoms with Crippen LogP contribution in [0.5, 0.6) is 0 Å². The molecule has 4 rings (SSSR count). The molecule has 0 saturated carbocycles. The van der Waals surface area contributed by atoms with Gasteiger partial charge in [-0.05, 0) is 25.3 Å². The van der Waals surface area contributed by atoms with E-state index in [4.69, 9.17) is 15.7 Å². The molecule has 0 radical (unpaired) electrons. The standard InChI is InChI=1S/C17H18N6O5S2/c18-17-20-12(22-30-17)10(21-28-9-4-2-1-3-5-9)13(24)19-11-14(25)23-6-8(16(26)27)7-29-15(11)23/h2,4,6,9,11,15H,1,3,5,7H2,(H,19,24)(H,26,27)(H2,18,20,22)/t9?,11?,15-/m1/s1. The number of anilines is 1. The number of carboxylic acids is 1. The predicted octanol–water partition coefficient (Wildman–Crippen LogP) is 0.318. The van der Waals surface area contributed by atoms with Gasteiger partial charge in [-0.3, -0.25) is 9.59 Å². The molecule has 3 aliphatic rings. The summed E-state index contributed by atoms with van der Waals surface area (Å²) in [5, 5.41) is 15.5. The number of hydrogen-bond acceptors (Lipinski definition) is 10. The van der Waals surface area contributed by atoms with Gasteiger partial charge in [-0.1, -0.05) is 11.2 Å². The molecule has 11 nitrogen and oxygen atoms in total. The number of allylic oxidation sites excluding steroid dienone is 1. The van der Waals surface area contributed by atoms with Crippen molar-refractivity contribution in [2.24, 2.45) is 5.16 Å². The average molecular weight is 451 g/mol. The van der Waals surface area contributed by atoms with E-state index >= 15 is 0 Å². The fraction of sp³-hybridized carbons (Fsp3) is 0.412. The van der Waals surface area contributed by atoms with Crippen molar-refractivity contribution in [1.29, 1.82) is 0 Å². The van der Waals surface area contributed by atoms with E-state index in [0.717, 1.165) is 30.8 Å². The quantitative estimate of drug-likeness (QED) is 0.240. The largest absolute Gasteiger partial charge is 0.478 e. The zero-order valence-corrected chi connectivity index (χ0v) is 17.2. The molecule has 2 unspecified atom stereocenters. The molecule has 0 spiro atoms. The second kappa shape index (κ2) is 8.44. The maximum absolute atomic E-state index is 12.9. The molecular formula is C17H18N6O5S2. The van der Waals surface area contributed by atoms with Gasteiger partial charge in [0, 0.05) is 23.5 Å². The second-order valence-electron chi connectivity index (χ2n) is 6.76. The number of aliphatic carboxylic acids is 1. The summed E-state index contributed by atoms with van der Waals surface area (Å²) in [6.45, 7) is 0. The minimum atomic E-state index is -1.07. The van der Waals surface area contributed by atoms with Gasteiger partial charge >= 0.3 is 5.97 Å². The topological polar surface area (TPSA) is 160 Å². The smallest absolute Gasteiger partial charge is 0.333 e. The van der Waals surface area contributed by atoms with Crippen LogP contribution < -0.4 is 11.1 Å². The highest BCUT2D eigenvalue weighted by Gasteiger charge is 2.50. The molecule has 13 heteroatoms. The number of hydrogen-bond donors (Lipinski definition) is 3. The van der Waals surface area contributed by atoms with E-state index in [2.05, 4.69) is 19.8 Å². The van der Waals surface area contributed by atoms with Gasteiger partial charge in [0.15, 0.2) is 5.13 Å². The third-order valence-electron chi connectivity index (χ3n) is 4.70. The third-order valence-corrected chi connectivity index (χ3v) is 6.56. The number of β-lactam (4-membered cyclic amide) rings is 1. The highest BCUT2D eigenvalue weighted by atomic mass is 32.2. The summed E-state index contributed by atoms with van der Waals surface area (Å²) in [4.78, 5) is 47.2. The second-order valence-corrected chi connectivity index (χ2v) is 8.65. The summed E-state index contributed by atoms with van der Waals surface area (Å²) in [6.07, 6.45) is 7.62. The van der Waals surface area contributed by atoms with Crippen molar-refractivity contribution >= 4 is 51.9 Å². The Morgan fingerprint density at radius 2 is 2.27 bits per heavy atom. The van der Waals surface area contributed by atoms with Crippen molar-refractivity contribution in [3.63, 3.8) is 0 Å². The first-order valence-corrected chi connectivity index (χ1v) is 10.9. The minimum Gasteiger partial charge on any atom is -0.478 e. The zero-order valence-electron chi connectivity index (χ0n) is 15.6. The van der Waals surface area contributed by atoms with Crippen molar-refractivity contribution in [2.75, 3.05) is 11.5 Å². The monoisotopic (exact) mass is 450 g/mol. The number of carbonyl (C=O) groups excluding carboxylic acids is 2. The average Bonchev–Trinajstić information content (AvgIpc) is 3.18. The molecule has 2 amide bonds. The number of oxime groups is 1. The Morgan fingerprint density at radius 1 is 1.43 bits per heavy atom. The highest BCUT2D eigenvalue weighted by Crippen LogP contribution is 2.36. The lowest BCUT2D eigenvalue weighted by Gasteiger charge is -2.46. The first-order chi connectivity index (χ1) is 14.4. The summed E-state index contributed by atoms with van der Waals surface area (Å²) in [5.74, 6) is -1.89. The van der Waals surface area contributed by atoms with Crippen molar-refractivity contribution < 1.29 is 24.3 Å². The zero-order chi connectivity index (χ0) is 21.3. The maximum Gasteiger partial charge on any atom is 0.333 e. The Morgan fingerprint density at radius 3 is 2.93 bits per heavy atom. The summed E-state index contributed by atoms with van der Waals surface area (Å²) in [6, 6.07) is -0.815.